The Bertz CT molecular complexity index is 791. The molecule has 1 fully saturated rings. The van der Waals surface area contributed by atoms with Crippen LogP contribution in [0.5, 0.6) is 5.75 Å². The van der Waals surface area contributed by atoms with Gasteiger partial charge in [-0.25, -0.2) is 0 Å². The van der Waals surface area contributed by atoms with E-state index in [0.717, 1.165) is 31.4 Å². The van der Waals surface area contributed by atoms with Crippen LogP contribution < -0.4 is 4.74 Å². The highest BCUT2D eigenvalue weighted by atomic mass is 28.4. The van der Waals surface area contributed by atoms with E-state index in [4.69, 9.17) is 9.16 Å². The fourth-order valence-corrected chi connectivity index (χ4v) is 6.58. The van der Waals surface area contributed by atoms with Crippen LogP contribution in [0.2, 0.25) is 19.6 Å². The number of benzene rings is 1. The van der Waals surface area contributed by atoms with Crippen molar-refractivity contribution in [2.24, 2.45) is 17.3 Å². The lowest BCUT2D eigenvalue weighted by Crippen LogP contribution is -2.50. The van der Waals surface area contributed by atoms with Crippen LogP contribution in [0.15, 0.2) is 30.0 Å². The summed E-state index contributed by atoms with van der Waals surface area (Å²) in [5.74, 6) is 3.49. The number of hydrogen-bond donors (Lipinski definition) is 0. The van der Waals surface area contributed by atoms with Crippen LogP contribution in [-0.2, 0) is 15.6 Å². The van der Waals surface area contributed by atoms with Gasteiger partial charge in [0, 0.05) is 5.41 Å². The fourth-order valence-electron chi connectivity index (χ4n) is 5.75. The smallest absolute Gasteiger partial charge is 0.242 e. The van der Waals surface area contributed by atoms with E-state index in [1.165, 1.54) is 17.5 Å². The summed E-state index contributed by atoms with van der Waals surface area (Å²) in [5.41, 5.74) is 2.68. The van der Waals surface area contributed by atoms with Crippen LogP contribution in [0.1, 0.15) is 49.7 Å². The van der Waals surface area contributed by atoms with E-state index in [-0.39, 0.29) is 11.2 Å². The third kappa shape index (κ3) is 3.16. The Labute approximate surface area is 164 Å². The quantitative estimate of drug-likeness (QED) is 0.649. The van der Waals surface area contributed by atoms with Crippen molar-refractivity contribution >= 4 is 14.1 Å². The first kappa shape index (κ1) is 18.8. The van der Waals surface area contributed by atoms with E-state index in [2.05, 4.69) is 50.8 Å². The molecule has 3 nitrogen and oxygen atoms in total. The van der Waals surface area contributed by atoms with Crippen LogP contribution >= 0.6 is 0 Å². The van der Waals surface area contributed by atoms with Crippen molar-refractivity contribution < 1.29 is 14.0 Å². The second kappa shape index (κ2) is 6.51. The minimum Gasteiger partial charge on any atom is -0.542 e. The molecule has 3 aliphatic carbocycles. The highest BCUT2D eigenvalue weighted by Gasteiger charge is 2.54. The van der Waals surface area contributed by atoms with Crippen molar-refractivity contribution in [1.82, 2.24) is 0 Å². The van der Waals surface area contributed by atoms with Crippen LogP contribution in [-0.4, -0.2) is 21.2 Å². The molecule has 4 atom stereocenters. The van der Waals surface area contributed by atoms with Gasteiger partial charge >= 0.3 is 0 Å². The SMILES string of the molecule is COc1ccc2c(c1)CC[C@@H]1[C@@H]2CC[C@]2(C)C(=O)C(O[Si](C)(C)C)=CC[C@@H]12. The number of aryl methyl sites for hydroxylation is 1. The minimum atomic E-state index is -1.77. The molecule has 0 bridgehead atoms. The summed E-state index contributed by atoms with van der Waals surface area (Å²) < 4.78 is 11.6. The Kier molecular flexibility index (Phi) is 4.53. The van der Waals surface area contributed by atoms with E-state index in [9.17, 15) is 4.79 Å². The summed E-state index contributed by atoms with van der Waals surface area (Å²) in [6.45, 7) is 8.66. The number of carbonyl (C=O) groups excluding carboxylic acids is 1. The fraction of sp³-hybridized carbons (Fsp3) is 0.609. The lowest BCUT2D eigenvalue weighted by molar-refractivity contribution is -0.135. The van der Waals surface area contributed by atoms with Gasteiger partial charge in [0.1, 0.15) is 11.5 Å². The zero-order valence-corrected chi connectivity index (χ0v) is 18.3. The second-order valence-electron chi connectivity index (χ2n) is 9.78. The van der Waals surface area contributed by atoms with Gasteiger partial charge < -0.3 is 9.16 Å². The summed E-state index contributed by atoms with van der Waals surface area (Å²) in [4.78, 5) is 13.4. The Balaban J connectivity index is 1.64. The molecule has 1 saturated carbocycles. The average molecular weight is 385 g/mol. The number of ketones is 1. The predicted molar refractivity (Wildman–Crippen MR) is 111 cm³/mol. The van der Waals surface area contributed by atoms with E-state index < -0.39 is 8.32 Å². The van der Waals surface area contributed by atoms with E-state index >= 15 is 0 Å². The number of carbonyl (C=O) groups is 1. The van der Waals surface area contributed by atoms with Gasteiger partial charge in [0.05, 0.1) is 7.11 Å². The molecule has 0 saturated heterocycles. The molecular weight excluding hydrogens is 352 g/mol. The average Bonchev–Trinajstić information content (AvgIpc) is 2.62. The molecule has 4 heteroatoms. The molecule has 0 aromatic heterocycles. The van der Waals surface area contributed by atoms with Crippen molar-refractivity contribution in [3.8, 4) is 5.75 Å². The number of hydrogen-bond acceptors (Lipinski definition) is 3. The molecule has 4 rings (SSSR count). The molecule has 27 heavy (non-hydrogen) atoms. The monoisotopic (exact) mass is 384 g/mol. The van der Waals surface area contributed by atoms with E-state index in [0.29, 0.717) is 23.5 Å². The van der Waals surface area contributed by atoms with Crippen LogP contribution in [0.4, 0.5) is 0 Å². The molecule has 1 aromatic carbocycles. The van der Waals surface area contributed by atoms with Crippen molar-refractivity contribution in [3.05, 3.63) is 41.2 Å². The third-order valence-corrected chi connectivity index (χ3v) is 7.87. The van der Waals surface area contributed by atoms with Crippen molar-refractivity contribution in [2.75, 3.05) is 7.11 Å². The van der Waals surface area contributed by atoms with Crippen molar-refractivity contribution in [1.29, 1.82) is 0 Å². The summed E-state index contributed by atoms with van der Waals surface area (Å²) in [5, 5.41) is 0. The summed E-state index contributed by atoms with van der Waals surface area (Å²) >= 11 is 0. The molecule has 3 aliphatic rings. The Hall–Kier alpha value is -1.55. The largest absolute Gasteiger partial charge is 0.542 e. The van der Waals surface area contributed by atoms with Crippen molar-refractivity contribution in [3.63, 3.8) is 0 Å². The highest BCUT2D eigenvalue weighted by Crippen LogP contribution is 2.58. The van der Waals surface area contributed by atoms with Crippen LogP contribution in [0.3, 0.4) is 0 Å². The Morgan fingerprint density at radius 2 is 1.96 bits per heavy atom. The zero-order valence-electron chi connectivity index (χ0n) is 17.3. The predicted octanol–water partition coefficient (Wildman–Crippen LogP) is 5.47. The molecule has 0 amide bonds. The maximum Gasteiger partial charge on any atom is 0.242 e. The van der Waals surface area contributed by atoms with Gasteiger partial charge in [0.25, 0.3) is 0 Å². The van der Waals surface area contributed by atoms with Crippen LogP contribution in [0.25, 0.3) is 0 Å². The van der Waals surface area contributed by atoms with Gasteiger partial charge in [0.15, 0.2) is 0 Å². The standard InChI is InChI=1S/C23H32O3Si/c1-23-13-12-18-17-9-7-16(25-2)14-15(17)6-8-19(18)20(23)10-11-21(22(23)24)26-27(3,4)5/h7,9,11,14,18-20H,6,8,10,12-13H2,1-5H3/t18-,19-,20+,23+/m1/s1. The van der Waals surface area contributed by atoms with Gasteiger partial charge in [-0.1, -0.05) is 13.0 Å². The normalized spacial score (nSPS) is 32.7. The first-order chi connectivity index (χ1) is 12.7. The summed E-state index contributed by atoms with van der Waals surface area (Å²) in [6, 6.07) is 6.58. The summed E-state index contributed by atoms with van der Waals surface area (Å²) in [7, 11) is -0.0323. The third-order valence-electron chi connectivity index (χ3n) is 7.04. The molecule has 0 spiro atoms. The van der Waals surface area contributed by atoms with Crippen molar-refractivity contribution in [2.45, 2.75) is 64.6 Å². The molecule has 1 aromatic rings. The van der Waals surface area contributed by atoms with Crippen LogP contribution in [0, 0.1) is 17.3 Å². The lowest BCUT2D eigenvalue weighted by atomic mass is 9.51. The number of allylic oxidation sites excluding steroid dienone is 2. The molecular formula is C23H32O3Si. The van der Waals surface area contributed by atoms with Gasteiger partial charge in [-0.05, 0) is 98.8 Å². The maximum absolute atomic E-state index is 13.4. The lowest BCUT2D eigenvalue weighted by Gasteiger charge is -2.52. The summed E-state index contributed by atoms with van der Waals surface area (Å²) in [6.07, 6.45) is 7.43. The molecule has 0 radical (unpaired) electrons. The van der Waals surface area contributed by atoms with Gasteiger partial charge in [-0.3, -0.25) is 4.79 Å². The van der Waals surface area contributed by atoms with E-state index in [1.807, 2.05) is 0 Å². The molecule has 0 aliphatic heterocycles. The first-order valence-corrected chi connectivity index (χ1v) is 13.7. The number of methoxy groups -OCH3 is 1. The number of rotatable bonds is 3. The molecule has 146 valence electrons. The first-order valence-electron chi connectivity index (χ1n) is 10.3. The Morgan fingerprint density at radius 1 is 1.19 bits per heavy atom. The second-order valence-corrected chi connectivity index (χ2v) is 14.2. The van der Waals surface area contributed by atoms with Gasteiger partial charge in [-0.15, -0.1) is 0 Å². The minimum absolute atomic E-state index is 0.255. The number of ether oxygens (including phenoxy) is 1. The molecule has 0 N–H and O–H groups in total. The highest BCUT2D eigenvalue weighted by molar-refractivity contribution is 6.70. The zero-order chi connectivity index (χ0) is 19.4. The number of Topliss-reactive ketones (excluding diaryl/α,β-unsaturated/α-hetero) is 1. The topological polar surface area (TPSA) is 35.5 Å². The van der Waals surface area contributed by atoms with E-state index in [1.54, 1.807) is 7.11 Å². The Morgan fingerprint density at radius 3 is 2.67 bits per heavy atom. The molecule has 0 heterocycles. The number of fused-ring (bicyclic) bond motifs is 5. The van der Waals surface area contributed by atoms with Gasteiger partial charge in [-0.2, -0.15) is 0 Å². The molecule has 0 unspecified atom stereocenters. The van der Waals surface area contributed by atoms with Gasteiger partial charge in [0.2, 0.25) is 14.1 Å². The maximum atomic E-state index is 13.4.